The lowest BCUT2D eigenvalue weighted by atomic mass is 10.2. The van der Waals surface area contributed by atoms with E-state index in [1.165, 1.54) is 0 Å². The number of amides is 1. The molecule has 0 aliphatic heterocycles. The second-order valence-corrected chi connectivity index (χ2v) is 6.43. The van der Waals surface area contributed by atoms with Crippen molar-refractivity contribution < 1.29 is 14.1 Å². The Kier molecular flexibility index (Phi) is 5.86. The van der Waals surface area contributed by atoms with Crippen LogP contribution in [0.25, 0.3) is 11.4 Å². The summed E-state index contributed by atoms with van der Waals surface area (Å²) < 4.78 is 10.5. The maximum absolute atomic E-state index is 12.7. The fraction of sp³-hybridized carbons (Fsp3) is 0.286. The number of ether oxygens (including phenoxy) is 1. The van der Waals surface area contributed by atoms with Gasteiger partial charge in [0, 0.05) is 30.1 Å². The Labute approximate surface area is 158 Å². The molecule has 1 heterocycles. The van der Waals surface area contributed by atoms with Gasteiger partial charge in [-0.2, -0.15) is 4.98 Å². The van der Waals surface area contributed by atoms with E-state index in [0.717, 1.165) is 17.0 Å². The molecule has 0 fully saturated rings. The number of rotatable bonds is 7. The van der Waals surface area contributed by atoms with Gasteiger partial charge < -0.3 is 14.2 Å². The number of carbonyl (C=O) groups excluding carboxylic acids is 1. The first-order chi connectivity index (χ1) is 13.1. The fourth-order valence-electron chi connectivity index (χ4n) is 2.87. The van der Waals surface area contributed by atoms with Crippen LogP contribution in [-0.4, -0.2) is 29.2 Å². The van der Waals surface area contributed by atoms with Crippen LogP contribution in [-0.2, 0) is 11.2 Å². The number of benzene rings is 2. The van der Waals surface area contributed by atoms with Crippen LogP contribution in [0.5, 0.6) is 5.75 Å². The predicted molar refractivity (Wildman–Crippen MR) is 104 cm³/mol. The van der Waals surface area contributed by atoms with Crippen molar-refractivity contribution in [1.82, 2.24) is 10.1 Å². The van der Waals surface area contributed by atoms with Crippen LogP contribution in [0.1, 0.15) is 26.2 Å². The molecule has 0 unspecified atom stereocenters. The molecule has 0 saturated heterocycles. The van der Waals surface area contributed by atoms with Gasteiger partial charge in [0.15, 0.2) is 0 Å². The van der Waals surface area contributed by atoms with Gasteiger partial charge in [0.25, 0.3) is 0 Å². The normalized spacial score (nSPS) is 10.8. The molecular formula is C21H23N3O3. The fourth-order valence-corrected chi connectivity index (χ4v) is 2.87. The first-order valence-corrected chi connectivity index (χ1v) is 8.92. The maximum atomic E-state index is 12.7. The van der Waals surface area contributed by atoms with E-state index in [-0.39, 0.29) is 11.9 Å². The number of hydrogen-bond acceptors (Lipinski definition) is 5. The van der Waals surface area contributed by atoms with Gasteiger partial charge >= 0.3 is 0 Å². The number of nitrogens with zero attached hydrogens (tertiary/aromatic N) is 3. The van der Waals surface area contributed by atoms with E-state index in [0.29, 0.717) is 24.6 Å². The lowest BCUT2D eigenvalue weighted by Crippen LogP contribution is -2.37. The van der Waals surface area contributed by atoms with Crippen LogP contribution in [0.4, 0.5) is 5.69 Å². The highest BCUT2D eigenvalue weighted by Crippen LogP contribution is 2.21. The minimum Gasteiger partial charge on any atom is -0.497 e. The van der Waals surface area contributed by atoms with Crippen LogP contribution < -0.4 is 9.64 Å². The van der Waals surface area contributed by atoms with Crippen molar-refractivity contribution in [3.05, 3.63) is 60.5 Å². The Bertz CT molecular complexity index is 873. The van der Waals surface area contributed by atoms with Crippen molar-refractivity contribution in [3.8, 4) is 17.1 Å². The number of anilines is 1. The number of carbonyl (C=O) groups is 1. The molecule has 0 aliphatic carbocycles. The van der Waals surface area contributed by atoms with Crippen LogP contribution in [0.2, 0.25) is 0 Å². The summed E-state index contributed by atoms with van der Waals surface area (Å²) in [4.78, 5) is 18.9. The number of aromatic nitrogens is 2. The second kappa shape index (κ2) is 8.49. The summed E-state index contributed by atoms with van der Waals surface area (Å²) in [5.41, 5.74) is 1.73. The smallest absolute Gasteiger partial charge is 0.227 e. The highest BCUT2D eigenvalue weighted by Gasteiger charge is 2.20. The van der Waals surface area contributed by atoms with E-state index < -0.39 is 0 Å². The SMILES string of the molecule is COc1ccc(-c2noc(CCC(=O)N(c3ccccc3)C(C)C)n2)cc1. The number of para-hydroxylation sites is 1. The Morgan fingerprint density at radius 3 is 2.44 bits per heavy atom. The monoisotopic (exact) mass is 365 g/mol. The molecule has 6 nitrogen and oxygen atoms in total. The second-order valence-electron chi connectivity index (χ2n) is 6.43. The van der Waals surface area contributed by atoms with Crippen molar-refractivity contribution >= 4 is 11.6 Å². The summed E-state index contributed by atoms with van der Waals surface area (Å²) in [6, 6.07) is 17.2. The molecule has 0 saturated carbocycles. The van der Waals surface area contributed by atoms with Crippen molar-refractivity contribution in [2.45, 2.75) is 32.7 Å². The molecule has 140 valence electrons. The summed E-state index contributed by atoms with van der Waals surface area (Å²) in [5, 5.41) is 4.01. The number of hydrogen-bond donors (Lipinski definition) is 0. The average molecular weight is 365 g/mol. The molecule has 6 heteroatoms. The molecule has 0 N–H and O–H groups in total. The van der Waals surface area contributed by atoms with E-state index in [9.17, 15) is 4.79 Å². The molecule has 2 aromatic carbocycles. The zero-order valence-electron chi connectivity index (χ0n) is 15.8. The number of methoxy groups -OCH3 is 1. The maximum Gasteiger partial charge on any atom is 0.227 e. The summed E-state index contributed by atoms with van der Waals surface area (Å²) in [6.45, 7) is 4.00. The van der Waals surface area contributed by atoms with E-state index >= 15 is 0 Å². The summed E-state index contributed by atoms with van der Waals surface area (Å²) in [7, 11) is 1.62. The summed E-state index contributed by atoms with van der Waals surface area (Å²) in [6.07, 6.45) is 0.704. The molecule has 1 amide bonds. The third-order valence-electron chi connectivity index (χ3n) is 4.19. The minimum absolute atomic E-state index is 0.0281. The largest absolute Gasteiger partial charge is 0.497 e. The van der Waals surface area contributed by atoms with Crippen LogP contribution in [0.15, 0.2) is 59.1 Å². The molecule has 3 rings (SSSR count). The van der Waals surface area contributed by atoms with Crippen LogP contribution in [0, 0.1) is 0 Å². The lowest BCUT2D eigenvalue weighted by Gasteiger charge is -2.26. The molecule has 0 aliphatic rings. The van der Waals surface area contributed by atoms with E-state index in [4.69, 9.17) is 9.26 Å². The average Bonchev–Trinajstić information content (AvgIpc) is 3.16. The minimum atomic E-state index is 0.0281. The van der Waals surface area contributed by atoms with Gasteiger partial charge in [-0.3, -0.25) is 4.79 Å². The molecule has 0 radical (unpaired) electrons. The Morgan fingerprint density at radius 2 is 1.81 bits per heavy atom. The molecule has 1 aromatic heterocycles. The Balaban J connectivity index is 1.65. The summed E-state index contributed by atoms with van der Waals surface area (Å²) >= 11 is 0. The van der Waals surface area contributed by atoms with Gasteiger partial charge in [0.05, 0.1) is 7.11 Å². The highest BCUT2D eigenvalue weighted by molar-refractivity contribution is 5.93. The third-order valence-corrected chi connectivity index (χ3v) is 4.19. The zero-order valence-corrected chi connectivity index (χ0v) is 15.8. The molecule has 0 atom stereocenters. The van der Waals surface area contributed by atoms with Gasteiger partial charge in [-0.1, -0.05) is 23.4 Å². The van der Waals surface area contributed by atoms with Gasteiger partial charge in [-0.25, -0.2) is 0 Å². The molecule has 0 bridgehead atoms. The van der Waals surface area contributed by atoms with Crippen LogP contribution >= 0.6 is 0 Å². The third kappa shape index (κ3) is 4.53. The van der Waals surface area contributed by atoms with Crippen molar-refractivity contribution in [3.63, 3.8) is 0 Å². The van der Waals surface area contributed by atoms with Crippen molar-refractivity contribution in [2.75, 3.05) is 12.0 Å². The van der Waals surface area contributed by atoms with Gasteiger partial charge in [0.2, 0.25) is 17.6 Å². The lowest BCUT2D eigenvalue weighted by molar-refractivity contribution is -0.119. The zero-order chi connectivity index (χ0) is 19.2. The highest BCUT2D eigenvalue weighted by atomic mass is 16.5. The van der Waals surface area contributed by atoms with Crippen LogP contribution in [0.3, 0.4) is 0 Å². The Morgan fingerprint density at radius 1 is 1.11 bits per heavy atom. The topological polar surface area (TPSA) is 68.5 Å². The van der Waals surface area contributed by atoms with E-state index in [1.54, 1.807) is 12.0 Å². The quantitative estimate of drug-likeness (QED) is 0.630. The van der Waals surface area contributed by atoms with Gasteiger partial charge in [-0.05, 0) is 50.2 Å². The van der Waals surface area contributed by atoms with Gasteiger partial charge in [-0.15, -0.1) is 0 Å². The number of aryl methyl sites for hydroxylation is 1. The van der Waals surface area contributed by atoms with Crippen molar-refractivity contribution in [2.24, 2.45) is 0 Å². The molecular weight excluding hydrogens is 342 g/mol. The standard InChI is InChI=1S/C21H23N3O3/c1-15(2)24(17-7-5-4-6-8-17)20(25)14-13-19-22-21(23-27-19)16-9-11-18(26-3)12-10-16/h4-12,15H,13-14H2,1-3H3. The first kappa shape index (κ1) is 18.6. The van der Waals surface area contributed by atoms with E-state index in [2.05, 4.69) is 10.1 Å². The molecule has 0 spiro atoms. The predicted octanol–water partition coefficient (Wildman–Crippen LogP) is 4.12. The molecule has 3 aromatic rings. The Hall–Kier alpha value is -3.15. The van der Waals surface area contributed by atoms with Gasteiger partial charge in [0.1, 0.15) is 5.75 Å². The molecule has 27 heavy (non-hydrogen) atoms. The summed E-state index contributed by atoms with van der Waals surface area (Å²) in [5.74, 6) is 1.75. The first-order valence-electron chi connectivity index (χ1n) is 8.92. The van der Waals surface area contributed by atoms with Crippen molar-refractivity contribution in [1.29, 1.82) is 0 Å². The van der Waals surface area contributed by atoms with E-state index in [1.807, 2.05) is 68.4 Å².